The first-order valence-electron chi connectivity index (χ1n) is 6.61. The molecule has 1 fully saturated rings. The molecule has 1 atom stereocenters. The quantitative estimate of drug-likeness (QED) is 0.876. The number of likely N-dealkylation sites (N-methyl/N-ethyl adjacent to an activating group) is 1. The highest BCUT2D eigenvalue weighted by molar-refractivity contribution is 5.93. The third-order valence-electron chi connectivity index (χ3n) is 3.66. The predicted molar refractivity (Wildman–Crippen MR) is 75.9 cm³/mol. The van der Waals surface area contributed by atoms with Crippen LogP contribution < -0.4 is 5.32 Å². The fourth-order valence-corrected chi connectivity index (χ4v) is 2.75. The normalized spacial score (nSPS) is 21.1. The number of pyridine rings is 1. The number of nitrogens with one attached hydrogen (secondary N) is 1. The maximum absolute atomic E-state index is 4.18. The van der Waals surface area contributed by atoms with E-state index in [1.807, 2.05) is 12.4 Å². The van der Waals surface area contributed by atoms with Gasteiger partial charge in [-0.15, -0.1) is 0 Å². The van der Waals surface area contributed by atoms with Gasteiger partial charge in [0.2, 0.25) is 0 Å². The Hall–Kier alpha value is -1.61. The number of hydrogen-bond donors (Lipinski definition) is 1. The minimum absolute atomic E-state index is 0.558. The third-order valence-corrected chi connectivity index (χ3v) is 3.66. The maximum Gasteiger partial charge on any atom is 0.0423 e. The SMILES string of the molecule is CN1CCCC(Nc2cccc3cnccc23)C1. The molecule has 0 amide bonds. The van der Waals surface area contributed by atoms with Crippen LogP contribution in [0, 0.1) is 0 Å². The van der Waals surface area contributed by atoms with Crippen molar-refractivity contribution in [3.63, 3.8) is 0 Å². The minimum atomic E-state index is 0.558. The number of fused-ring (bicyclic) bond motifs is 1. The Balaban J connectivity index is 1.86. The second kappa shape index (κ2) is 4.94. The highest BCUT2D eigenvalue weighted by Crippen LogP contribution is 2.24. The van der Waals surface area contributed by atoms with Gasteiger partial charge in [0.05, 0.1) is 0 Å². The van der Waals surface area contributed by atoms with Gasteiger partial charge in [0, 0.05) is 41.4 Å². The largest absolute Gasteiger partial charge is 0.381 e. The molecule has 18 heavy (non-hydrogen) atoms. The van der Waals surface area contributed by atoms with Crippen molar-refractivity contribution < 1.29 is 0 Å². The number of aromatic nitrogens is 1. The lowest BCUT2D eigenvalue weighted by atomic mass is 10.0. The van der Waals surface area contributed by atoms with Gasteiger partial charge in [0.1, 0.15) is 0 Å². The Morgan fingerprint density at radius 2 is 2.28 bits per heavy atom. The molecule has 1 aromatic heterocycles. The van der Waals surface area contributed by atoms with Crippen molar-refractivity contribution in [2.45, 2.75) is 18.9 Å². The molecule has 0 radical (unpaired) electrons. The third kappa shape index (κ3) is 2.31. The van der Waals surface area contributed by atoms with Crippen LogP contribution >= 0.6 is 0 Å². The lowest BCUT2D eigenvalue weighted by Gasteiger charge is -2.31. The number of anilines is 1. The number of rotatable bonds is 2. The Bertz CT molecular complexity index is 533. The molecule has 3 heteroatoms. The summed E-state index contributed by atoms with van der Waals surface area (Å²) in [6, 6.07) is 9.02. The van der Waals surface area contributed by atoms with E-state index in [-0.39, 0.29) is 0 Å². The first kappa shape index (κ1) is 11.5. The summed E-state index contributed by atoms with van der Waals surface area (Å²) in [6.07, 6.45) is 6.32. The van der Waals surface area contributed by atoms with Crippen molar-refractivity contribution >= 4 is 16.5 Å². The molecule has 94 valence electrons. The van der Waals surface area contributed by atoms with Crippen molar-refractivity contribution in [3.05, 3.63) is 36.7 Å². The summed E-state index contributed by atoms with van der Waals surface area (Å²) >= 11 is 0. The molecule has 2 heterocycles. The fourth-order valence-electron chi connectivity index (χ4n) is 2.75. The van der Waals surface area contributed by atoms with Gasteiger partial charge in [-0.1, -0.05) is 12.1 Å². The summed E-state index contributed by atoms with van der Waals surface area (Å²) in [6.45, 7) is 2.35. The molecule has 0 spiro atoms. The van der Waals surface area contributed by atoms with E-state index in [0.29, 0.717) is 6.04 Å². The summed E-state index contributed by atoms with van der Waals surface area (Å²) in [5.41, 5.74) is 1.23. The van der Waals surface area contributed by atoms with Gasteiger partial charge in [-0.3, -0.25) is 4.98 Å². The number of nitrogens with zero attached hydrogens (tertiary/aromatic N) is 2. The number of likely N-dealkylation sites (tertiary alicyclic amines) is 1. The first-order valence-corrected chi connectivity index (χ1v) is 6.61. The van der Waals surface area contributed by atoms with Gasteiger partial charge in [-0.05, 0) is 38.6 Å². The molecule has 1 aromatic carbocycles. The average molecular weight is 241 g/mol. The van der Waals surface area contributed by atoms with Crippen LogP contribution in [0.4, 0.5) is 5.69 Å². The van der Waals surface area contributed by atoms with Crippen LogP contribution in [-0.4, -0.2) is 36.1 Å². The van der Waals surface area contributed by atoms with E-state index >= 15 is 0 Å². The Labute approximate surface area is 108 Å². The molecular formula is C15H19N3. The molecule has 3 rings (SSSR count). The average Bonchev–Trinajstić information content (AvgIpc) is 2.39. The van der Waals surface area contributed by atoms with E-state index in [2.05, 4.69) is 46.5 Å². The second-order valence-electron chi connectivity index (χ2n) is 5.15. The summed E-state index contributed by atoms with van der Waals surface area (Å²) < 4.78 is 0. The molecule has 1 aliphatic heterocycles. The van der Waals surface area contributed by atoms with E-state index in [1.165, 1.54) is 35.8 Å². The van der Waals surface area contributed by atoms with Crippen molar-refractivity contribution in [2.24, 2.45) is 0 Å². The van der Waals surface area contributed by atoms with Gasteiger partial charge in [0.15, 0.2) is 0 Å². The van der Waals surface area contributed by atoms with Crippen LogP contribution in [-0.2, 0) is 0 Å². The van der Waals surface area contributed by atoms with E-state index < -0.39 is 0 Å². The van der Waals surface area contributed by atoms with Crippen LogP contribution in [0.5, 0.6) is 0 Å². The highest BCUT2D eigenvalue weighted by atomic mass is 15.1. The van der Waals surface area contributed by atoms with E-state index in [0.717, 1.165) is 6.54 Å². The number of piperidine rings is 1. The molecule has 1 unspecified atom stereocenters. The van der Waals surface area contributed by atoms with Gasteiger partial charge >= 0.3 is 0 Å². The Kier molecular flexibility index (Phi) is 3.15. The zero-order valence-electron chi connectivity index (χ0n) is 10.8. The molecule has 1 aliphatic rings. The second-order valence-corrected chi connectivity index (χ2v) is 5.15. The highest BCUT2D eigenvalue weighted by Gasteiger charge is 2.17. The molecule has 0 saturated carbocycles. The monoisotopic (exact) mass is 241 g/mol. The summed E-state index contributed by atoms with van der Waals surface area (Å²) in [4.78, 5) is 6.57. The van der Waals surface area contributed by atoms with Gasteiger partial charge in [0.25, 0.3) is 0 Å². The van der Waals surface area contributed by atoms with Crippen LogP contribution in [0.2, 0.25) is 0 Å². The van der Waals surface area contributed by atoms with Crippen LogP contribution in [0.25, 0.3) is 10.8 Å². The van der Waals surface area contributed by atoms with Gasteiger partial charge in [-0.25, -0.2) is 0 Å². The fraction of sp³-hybridized carbons (Fsp3) is 0.400. The lowest BCUT2D eigenvalue weighted by molar-refractivity contribution is 0.261. The van der Waals surface area contributed by atoms with Gasteiger partial charge in [-0.2, -0.15) is 0 Å². The molecule has 1 N–H and O–H groups in total. The minimum Gasteiger partial charge on any atom is -0.381 e. The molecule has 0 bridgehead atoms. The summed E-state index contributed by atoms with van der Waals surface area (Å²) in [5, 5.41) is 6.15. The van der Waals surface area contributed by atoms with Gasteiger partial charge < -0.3 is 10.2 Å². The van der Waals surface area contributed by atoms with Crippen molar-refractivity contribution in [1.82, 2.24) is 9.88 Å². The van der Waals surface area contributed by atoms with E-state index in [4.69, 9.17) is 0 Å². The van der Waals surface area contributed by atoms with Crippen LogP contribution in [0.15, 0.2) is 36.7 Å². The zero-order valence-corrected chi connectivity index (χ0v) is 10.8. The predicted octanol–water partition coefficient (Wildman–Crippen LogP) is 2.74. The number of hydrogen-bond acceptors (Lipinski definition) is 3. The standard InChI is InChI=1S/C15H19N3/c1-18-9-3-5-13(11-18)17-15-6-2-4-12-10-16-8-7-14(12)15/h2,4,6-8,10,13,17H,3,5,9,11H2,1H3. The Morgan fingerprint density at radius 3 is 3.17 bits per heavy atom. The lowest BCUT2D eigenvalue weighted by Crippen LogP contribution is -2.39. The van der Waals surface area contributed by atoms with Crippen LogP contribution in [0.1, 0.15) is 12.8 Å². The molecule has 3 nitrogen and oxygen atoms in total. The topological polar surface area (TPSA) is 28.2 Å². The van der Waals surface area contributed by atoms with Crippen molar-refractivity contribution in [1.29, 1.82) is 0 Å². The first-order chi connectivity index (χ1) is 8.83. The Morgan fingerprint density at radius 1 is 1.33 bits per heavy atom. The zero-order chi connectivity index (χ0) is 12.4. The van der Waals surface area contributed by atoms with Crippen LogP contribution in [0.3, 0.4) is 0 Å². The van der Waals surface area contributed by atoms with E-state index in [1.54, 1.807) is 0 Å². The summed E-state index contributed by atoms with van der Waals surface area (Å²) in [7, 11) is 2.20. The van der Waals surface area contributed by atoms with E-state index in [9.17, 15) is 0 Å². The van der Waals surface area contributed by atoms with Crippen molar-refractivity contribution in [3.8, 4) is 0 Å². The van der Waals surface area contributed by atoms with Crippen molar-refractivity contribution in [2.75, 3.05) is 25.5 Å². The number of benzene rings is 1. The molecule has 2 aromatic rings. The maximum atomic E-state index is 4.18. The smallest absolute Gasteiger partial charge is 0.0423 e. The molecule has 0 aliphatic carbocycles. The molecule has 1 saturated heterocycles. The molecular weight excluding hydrogens is 222 g/mol. The summed E-state index contributed by atoms with van der Waals surface area (Å²) in [5.74, 6) is 0.